The van der Waals surface area contributed by atoms with Crippen molar-refractivity contribution < 1.29 is 10.0 Å². The molecule has 0 heterocycles. The molecule has 0 fully saturated rings. The van der Waals surface area contributed by atoms with Gasteiger partial charge >= 0.3 is 0 Å². The highest BCUT2D eigenvalue weighted by atomic mass is 16.6. The van der Waals surface area contributed by atoms with Crippen LogP contribution in [0.2, 0.25) is 0 Å². The molecular formula is C11H16N2O3. The number of hydrogen-bond acceptors (Lipinski definition) is 4. The lowest BCUT2D eigenvalue weighted by molar-refractivity contribution is -0.385. The van der Waals surface area contributed by atoms with E-state index < -0.39 is 4.92 Å². The Morgan fingerprint density at radius 1 is 1.56 bits per heavy atom. The molecule has 16 heavy (non-hydrogen) atoms. The van der Waals surface area contributed by atoms with Crippen LogP contribution in [0.25, 0.3) is 0 Å². The largest absolute Gasteiger partial charge is 0.394 e. The van der Waals surface area contributed by atoms with E-state index >= 15 is 0 Å². The van der Waals surface area contributed by atoms with E-state index in [-0.39, 0.29) is 18.3 Å². The summed E-state index contributed by atoms with van der Waals surface area (Å²) in [6, 6.07) is 4.84. The molecule has 0 amide bonds. The third-order valence-electron chi connectivity index (χ3n) is 2.48. The number of nitrogens with one attached hydrogen (secondary N) is 1. The first-order valence-electron chi connectivity index (χ1n) is 5.21. The Bertz CT molecular complexity index is 375. The van der Waals surface area contributed by atoms with Crippen molar-refractivity contribution in [2.24, 2.45) is 0 Å². The van der Waals surface area contributed by atoms with Gasteiger partial charge in [-0.05, 0) is 25.5 Å². The van der Waals surface area contributed by atoms with Crippen molar-refractivity contribution in [1.29, 1.82) is 0 Å². The average molecular weight is 224 g/mol. The molecule has 0 aromatic heterocycles. The average Bonchev–Trinajstić information content (AvgIpc) is 2.25. The Morgan fingerprint density at radius 2 is 2.25 bits per heavy atom. The molecule has 1 aromatic carbocycles. The monoisotopic (exact) mass is 224 g/mol. The van der Waals surface area contributed by atoms with Gasteiger partial charge in [0.2, 0.25) is 0 Å². The number of nitrogens with zero attached hydrogens (tertiary/aromatic N) is 1. The number of aliphatic hydroxyl groups is 1. The van der Waals surface area contributed by atoms with E-state index in [4.69, 9.17) is 5.11 Å². The molecular weight excluding hydrogens is 208 g/mol. The van der Waals surface area contributed by atoms with Gasteiger partial charge < -0.3 is 10.4 Å². The molecule has 0 aliphatic heterocycles. The second-order valence-electron chi connectivity index (χ2n) is 3.69. The topological polar surface area (TPSA) is 75.4 Å². The van der Waals surface area contributed by atoms with E-state index in [1.54, 1.807) is 19.1 Å². The Balaban J connectivity index is 2.84. The molecule has 88 valence electrons. The Labute approximate surface area is 94.3 Å². The van der Waals surface area contributed by atoms with E-state index in [2.05, 4.69) is 5.32 Å². The lowest BCUT2D eigenvalue weighted by atomic mass is 10.1. The molecule has 1 rings (SSSR count). The van der Waals surface area contributed by atoms with Crippen molar-refractivity contribution in [1.82, 2.24) is 0 Å². The minimum absolute atomic E-state index is 0.0131. The van der Waals surface area contributed by atoms with Gasteiger partial charge in [0.1, 0.15) is 0 Å². The molecule has 0 aliphatic carbocycles. The molecule has 0 saturated heterocycles. The van der Waals surface area contributed by atoms with Crippen LogP contribution in [0.1, 0.15) is 18.9 Å². The van der Waals surface area contributed by atoms with Crippen LogP contribution in [0.4, 0.5) is 11.4 Å². The van der Waals surface area contributed by atoms with Crippen LogP contribution < -0.4 is 5.32 Å². The third-order valence-corrected chi connectivity index (χ3v) is 2.48. The van der Waals surface area contributed by atoms with Crippen molar-refractivity contribution in [3.8, 4) is 0 Å². The molecule has 5 heteroatoms. The van der Waals surface area contributed by atoms with Crippen LogP contribution in [-0.2, 0) is 0 Å². The van der Waals surface area contributed by atoms with Crippen LogP contribution in [0.3, 0.4) is 0 Å². The summed E-state index contributed by atoms with van der Waals surface area (Å²) in [6.07, 6.45) is 0.798. The summed E-state index contributed by atoms with van der Waals surface area (Å²) in [4.78, 5) is 10.2. The van der Waals surface area contributed by atoms with E-state index in [0.717, 1.165) is 12.1 Å². The normalized spacial score (nSPS) is 12.2. The van der Waals surface area contributed by atoms with E-state index in [1.165, 1.54) is 6.07 Å². The number of nitro groups is 1. The maximum atomic E-state index is 10.6. The number of nitro benzene ring substituents is 1. The number of benzene rings is 1. The SMILES string of the molecule is CC[C@@H](CO)Nc1ccc([N+](=O)[O-])c(C)c1. The van der Waals surface area contributed by atoms with Crippen molar-refractivity contribution in [3.05, 3.63) is 33.9 Å². The summed E-state index contributed by atoms with van der Waals surface area (Å²) in [5, 5.41) is 22.8. The molecule has 0 bridgehead atoms. The van der Waals surface area contributed by atoms with Crippen LogP contribution in [-0.4, -0.2) is 22.7 Å². The maximum Gasteiger partial charge on any atom is 0.272 e. The highest BCUT2D eigenvalue weighted by Crippen LogP contribution is 2.22. The van der Waals surface area contributed by atoms with Gasteiger partial charge in [0, 0.05) is 23.4 Å². The second kappa shape index (κ2) is 5.46. The summed E-state index contributed by atoms with van der Waals surface area (Å²) in [5.74, 6) is 0. The zero-order valence-electron chi connectivity index (χ0n) is 9.43. The summed E-state index contributed by atoms with van der Waals surface area (Å²) >= 11 is 0. The fourth-order valence-electron chi connectivity index (χ4n) is 1.46. The van der Waals surface area contributed by atoms with Gasteiger partial charge in [-0.3, -0.25) is 10.1 Å². The smallest absolute Gasteiger partial charge is 0.272 e. The third kappa shape index (κ3) is 2.93. The predicted molar refractivity (Wildman–Crippen MR) is 62.6 cm³/mol. The Hall–Kier alpha value is -1.62. The highest BCUT2D eigenvalue weighted by molar-refractivity contribution is 5.53. The summed E-state index contributed by atoms with van der Waals surface area (Å²) in [5.41, 5.74) is 1.52. The summed E-state index contributed by atoms with van der Waals surface area (Å²) in [7, 11) is 0. The number of aliphatic hydroxyl groups excluding tert-OH is 1. The van der Waals surface area contributed by atoms with Gasteiger partial charge in [-0.15, -0.1) is 0 Å². The number of anilines is 1. The summed E-state index contributed by atoms with van der Waals surface area (Å²) < 4.78 is 0. The first-order valence-corrected chi connectivity index (χ1v) is 5.21. The molecule has 0 saturated carbocycles. The van der Waals surface area contributed by atoms with Crippen LogP contribution in [0.5, 0.6) is 0 Å². The lowest BCUT2D eigenvalue weighted by Crippen LogP contribution is -2.22. The number of hydrogen-bond donors (Lipinski definition) is 2. The minimum atomic E-state index is -0.400. The van der Waals surface area contributed by atoms with Crippen LogP contribution in [0, 0.1) is 17.0 Å². The lowest BCUT2D eigenvalue weighted by Gasteiger charge is -2.15. The van der Waals surface area contributed by atoms with Crippen molar-refractivity contribution in [3.63, 3.8) is 0 Å². The molecule has 0 spiro atoms. The molecule has 0 radical (unpaired) electrons. The number of rotatable bonds is 5. The van der Waals surface area contributed by atoms with Gasteiger partial charge in [-0.25, -0.2) is 0 Å². The van der Waals surface area contributed by atoms with E-state index in [9.17, 15) is 10.1 Å². The Kier molecular flexibility index (Phi) is 4.25. The fourth-order valence-corrected chi connectivity index (χ4v) is 1.46. The van der Waals surface area contributed by atoms with Crippen molar-refractivity contribution in [2.45, 2.75) is 26.3 Å². The Morgan fingerprint density at radius 3 is 2.69 bits per heavy atom. The quantitative estimate of drug-likeness (QED) is 0.593. The molecule has 0 aliphatic rings. The van der Waals surface area contributed by atoms with Gasteiger partial charge in [0.05, 0.1) is 11.5 Å². The van der Waals surface area contributed by atoms with Crippen LogP contribution in [0.15, 0.2) is 18.2 Å². The molecule has 1 aromatic rings. The first-order chi connectivity index (χ1) is 7.58. The van der Waals surface area contributed by atoms with Gasteiger partial charge in [-0.1, -0.05) is 6.92 Å². The van der Waals surface area contributed by atoms with E-state index in [1.807, 2.05) is 6.92 Å². The van der Waals surface area contributed by atoms with Gasteiger partial charge in [0.15, 0.2) is 0 Å². The van der Waals surface area contributed by atoms with Gasteiger partial charge in [0.25, 0.3) is 5.69 Å². The standard InChI is InChI=1S/C11H16N2O3/c1-3-9(7-14)12-10-4-5-11(13(15)16)8(2)6-10/h4-6,9,12,14H,3,7H2,1-2H3/t9-/m0/s1. The molecule has 2 N–H and O–H groups in total. The molecule has 0 unspecified atom stereocenters. The van der Waals surface area contributed by atoms with Gasteiger partial charge in [-0.2, -0.15) is 0 Å². The minimum Gasteiger partial charge on any atom is -0.394 e. The summed E-state index contributed by atoms with van der Waals surface area (Å²) in [6.45, 7) is 3.71. The molecule has 5 nitrogen and oxygen atoms in total. The zero-order valence-corrected chi connectivity index (χ0v) is 9.43. The fraction of sp³-hybridized carbons (Fsp3) is 0.455. The second-order valence-corrected chi connectivity index (χ2v) is 3.69. The van der Waals surface area contributed by atoms with E-state index in [0.29, 0.717) is 5.56 Å². The maximum absolute atomic E-state index is 10.6. The molecule has 1 atom stereocenters. The number of aryl methyl sites for hydroxylation is 1. The van der Waals surface area contributed by atoms with Crippen molar-refractivity contribution >= 4 is 11.4 Å². The highest BCUT2D eigenvalue weighted by Gasteiger charge is 2.11. The van der Waals surface area contributed by atoms with Crippen LogP contribution >= 0.6 is 0 Å². The van der Waals surface area contributed by atoms with Crippen molar-refractivity contribution in [2.75, 3.05) is 11.9 Å². The zero-order chi connectivity index (χ0) is 12.1. The predicted octanol–water partition coefficient (Wildman–Crippen LogP) is 2.09. The first kappa shape index (κ1) is 12.4.